The largest absolute Gasteiger partial charge is 0.449 e. The third kappa shape index (κ3) is 2.76. The minimum atomic E-state index is -0.851. The summed E-state index contributed by atoms with van der Waals surface area (Å²) in [5, 5.41) is 0. The molecule has 126 valence electrons. The number of ether oxygens (including phenoxy) is 1. The molecule has 1 aliphatic heterocycles. The van der Waals surface area contributed by atoms with Crippen molar-refractivity contribution in [3.8, 4) is 0 Å². The van der Waals surface area contributed by atoms with E-state index in [1.165, 1.54) is 0 Å². The highest BCUT2D eigenvalue weighted by molar-refractivity contribution is 6.01. The van der Waals surface area contributed by atoms with Gasteiger partial charge in [-0.05, 0) is 43.2 Å². The number of carbonyl (C=O) groups is 2. The molecule has 6 heteroatoms. The Morgan fingerprint density at radius 3 is 2.96 bits per heavy atom. The number of fused-ring (bicyclic) bond motifs is 2. The maximum absolute atomic E-state index is 12.7. The van der Waals surface area contributed by atoms with E-state index in [9.17, 15) is 9.59 Å². The highest BCUT2D eigenvalue weighted by Crippen LogP contribution is 2.28. The first-order valence-electron chi connectivity index (χ1n) is 8.17. The third-order valence-electron chi connectivity index (χ3n) is 4.44. The predicted molar refractivity (Wildman–Crippen MR) is 93.5 cm³/mol. The predicted octanol–water partition coefficient (Wildman–Crippen LogP) is 2.70. The first-order valence-corrected chi connectivity index (χ1v) is 8.17. The van der Waals surface area contributed by atoms with Crippen LogP contribution in [0.25, 0.3) is 11.0 Å². The van der Waals surface area contributed by atoms with Crippen LogP contribution in [0.5, 0.6) is 0 Å². The average Bonchev–Trinajstić information content (AvgIpc) is 3.26. The molecule has 0 fully saturated rings. The number of esters is 1. The van der Waals surface area contributed by atoms with Crippen LogP contribution >= 0.6 is 0 Å². The molecule has 6 nitrogen and oxygen atoms in total. The van der Waals surface area contributed by atoms with Crippen LogP contribution in [0, 0.1) is 0 Å². The molecule has 1 atom stereocenters. The quantitative estimate of drug-likeness (QED) is 0.747. The van der Waals surface area contributed by atoms with Crippen molar-refractivity contribution in [2.24, 2.45) is 0 Å². The SMILES string of the molecule is CC(OC(=O)c1ccc2nc[nH]c2c1)C(=O)N1CCc2ccccc21. The van der Waals surface area contributed by atoms with E-state index in [4.69, 9.17) is 4.74 Å². The fraction of sp³-hybridized carbons (Fsp3) is 0.211. The maximum Gasteiger partial charge on any atom is 0.338 e. The first kappa shape index (κ1) is 15.4. The van der Waals surface area contributed by atoms with Gasteiger partial charge in [-0.15, -0.1) is 0 Å². The highest BCUT2D eigenvalue weighted by atomic mass is 16.5. The van der Waals surface area contributed by atoms with E-state index in [0.29, 0.717) is 12.1 Å². The van der Waals surface area contributed by atoms with E-state index in [0.717, 1.165) is 28.7 Å². The van der Waals surface area contributed by atoms with Crippen LogP contribution in [0.2, 0.25) is 0 Å². The van der Waals surface area contributed by atoms with Crippen LogP contribution < -0.4 is 4.90 Å². The number of aromatic amines is 1. The highest BCUT2D eigenvalue weighted by Gasteiger charge is 2.30. The molecule has 2 aromatic carbocycles. The van der Waals surface area contributed by atoms with Gasteiger partial charge in [0.15, 0.2) is 6.10 Å². The number of amides is 1. The van der Waals surface area contributed by atoms with Gasteiger partial charge in [0.2, 0.25) is 0 Å². The Morgan fingerprint density at radius 1 is 1.24 bits per heavy atom. The van der Waals surface area contributed by atoms with Crippen molar-refractivity contribution in [2.75, 3.05) is 11.4 Å². The lowest BCUT2D eigenvalue weighted by Crippen LogP contribution is -2.39. The monoisotopic (exact) mass is 335 g/mol. The third-order valence-corrected chi connectivity index (χ3v) is 4.44. The summed E-state index contributed by atoms with van der Waals surface area (Å²) in [6.07, 6.45) is 1.53. The molecule has 4 rings (SSSR count). The van der Waals surface area contributed by atoms with Crippen molar-refractivity contribution in [1.82, 2.24) is 9.97 Å². The van der Waals surface area contributed by atoms with Crippen molar-refractivity contribution in [1.29, 1.82) is 0 Å². The summed E-state index contributed by atoms with van der Waals surface area (Å²) < 4.78 is 5.39. The second-order valence-corrected chi connectivity index (χ2v) is 6.05. The van der Waals surface area contributed by atoms with Crippen molar-refractivity contribution in [2.45, 2.75) is 19.4 Å². The molecule has 0 radical (unpaired) electrons. The van der Waals surface area contributed by atoms with E-state index < -0.39 is 12.1 Å². The summed E-state index contributed by atoms with van der Waals surface area (Å²) in [7, 11) is 0. The Morgan fingerprint density at radius 2 is 2.08 bits per heavy atom. The molecular formula is C19H17N3O3. The van der Waals surface area contributed by atoms with Gasteiger partial charge in [0.05, 0.1) is 22.9 Å². The smallest absolute Gasteiger partial charge is 0.338 e. The van der Waals surface area contributed by atoms with Gasteiger partial charge in [-0.25, -0.2) is 9.78 Å². The topological polar surface area (TPSA) is 75.3 Å². The zero-order valence-electron chi connectivity index (χ0n) is 13.7. The summed E-state index contributed by atoms with van der Waals surface area (Å²) >= 11 is 0. The summed E-state index contributed by atoms with van der Waals surface area (Å²) in [6.45, 7) is 2.22. The molecule has 1 aliphatic rings. The van der Waals surface area contributed by atoms with Gasteiger partial charge in [0, 0.05) is 12.2 Å². The average molecular weight is 335 g/mol. The van der Waals surface area contributed by atoms with Gasteiger partial charge in [-0.2, -0.15) is 0 Å². The Labute approximate surface area is 144 Å². The lowest BCUT2D eigenvalue weighted by Gasteiger charge is -2.21. The second-order valence-electron chi connectivity index (χ2n) is 6.05. The van der Waals surface area contributed by atoms with E-state index >= 15 is 0 Å². The maximum atomic E-state index is 12.7. The number of nitrogens with zero attached hydrogens (tertiary/aromatic N) is 2. The van der Waals surface area contributed by atoms with Gasteiger partial charge >= 0.3 is 5.97 Å². The first-order chi connectivity index (χ1) is 12.1. The Hall–Kier alpha value is -3.15. The number of carbonyl (C=O) groups excluding carboxylic acids is 2. The number of H-pyrrole nitrogens is 1. The molecule has 0 spiro atoms. The van der Waals surface area contributed by atoms with E-state index in [2.05, 4.69) is 9.97 Å². The molecule has 25 heavy (non-hydrogen) atoms. The fourth-order valence-corrected chi connectivity index (χ4v) is 3.13. The number of imidazole rings is 1. The standard InChI is InChI=1S/C19H17N3O3/c1-12(18(23)22-9-8-13-4-2-3-5-17(13)22)25-19(24)14-6-7-15-16(10-14)21-11-20-15/h2-7,10-12H,8-9H2,1H3,(H,20,21). The normalized spacial score (nSPS) is 14.4. The van der Waals surface area contributed by atoms with E-state index in [-0.39, 0.29) is 5.91 Å². The number of hydrogen-bond donors (Lipinski definition) is 1. The van der Waals surface area contributed by atoms with Crippen molar-refractivity contribution in [3.05, 3.63) is 59.9 Å². The van der Waals surface area contributed by atoms with Gasteiger partial charge < -0.3 is 14.6 Å². The summed E-state index contributed by atoms with van der Waals surface area (Å²) in [4.78, 5) is 33.8. The Balaban J connectivity index is 1.48. The number of para-hydroxylation sites is 1. The van der Waals surface area contributed by atoms with Crippen LogP contribution in [-0.2, 0) is 16.0 Å². The van der Waals surface area contributed by atoms with Crippen LogP contribution in [0.3, 0.4) is 0 Å². The number of benzene rings is 2. The van der Waals surface area contributed by atoms with Gasteiger partial charge in [-0.3, -0.25) is 4.79 Å². The van der Waals surface area contributed by atoms with Crippen molar-refractivity contribution in [3.63, 3.8) is 0 Å². The number of aromatic nitrogens is 2. The van der Waals surface area contributed by atoms with Crippen molar-refractivity contribution < 1.29 is 14.3 Å². The van der Waals surface area contributed by atoms with Crippen LogP contribution in [0.4, 0.5) is 5.69 Å². The molecule has 1 N–H and O–H groups in total. The zero-order chi connectivity index (χ0) is 17.4. The Kier molecular flexibility index (Phi) is 3.72. The number of hydrogen-bond acceptors (Lipinski definition) is 4. The number of rotatable bonds is 3. The zero-order valence-corrected chi connectivity index (χ0v) is 13.7. The minimum Gasteiger partial charge on any atom is -0.449 e. The lowest BCUT2D eigenvalue weighted by atomic mass is 10.2. The second kappa shape index (κ2) is 6.05. The van der Waals surface area contributed by atoms with Crippen LogP contribution in [0.1, 0.15) is 22.8 Å². The van der Waals surface area contributed by atoms with E-state index in [1.54, 1.807) is 36.4 Å². The van der Waals surface area contributed by atoms with Gasteiger partial charge in [0.1, 0.15) is 0 Å². The molecule has 1 unspecified atom stereocenters. The lowest BCUT2D eigenvalue weighted by molar-refractivity contribution is -0.126. The molecule has 1 aromatic heterocycles. The summed E-state index contributed by atoms with van der Waals surface area (Å²) in [5.74, 6) is -0.731. The number of anilines is 1. The molecule has 0 saturated heterocycles. The van der Waals surface area contributed by atoms with E-state index in [1.807, 2.05) is 24.3 Å². The number of nitrogens with one attached hydrogen (secondary N) is 1. The summed E-state index contributed by atoms with van der Waals surface area (Å²) in [6, 6.07) is 12.9. The molecular weight excluding hydrogens is 318 g/mol. The van der Waals surface area contributed by atoms with Crippen molar-refractivity contribution >= 4 is 28.6 Å². The molecule has 0 aliphatic carbocycles. The molecule has 2 heterocycles. The fourth-order valence-electron chi connectivity index (χ4n) is 3.13. The Bertz CT molecular complexity index is 963. The molecule has 1 amide bonds. The summed E-state index contributed by atoms with van der Waals surface area (Å²) in [5.41, 5.74) is 3.95. The minimum absolute atomic E-state index is 0.207. The van der Waals surface area contributed by atoms with Crippen LogP contribution in [0.15, 0.2) is 48.8 Å². The van der Waals surface area contributed by atoms with Crippen LogP contribution in [-0.4, -0.2) is 34.5 Å². The molecule has 0 bridgehead atoms. The molecule has 0 saturated carbocycles. The van der Waals surface area contributed by atoms with Gasteiger partial charge in [-0.1, -0.05) is 18.2 Å². The molecule has 3 aromatic rings. The van der Waals surface area contributed by atoms with Gasteiger partial charge in [0.25, 0.3) is 5.91 Å².